The summed E-state index contributed by atoms with van der Waals surface area (Å²) in [5.41, 5.74) is 6.76. The van der Waals surface area contributed by atoms with Gasteiger partial charge in [0, 0.05) is 11.4 Å². The third-order valence-electron chi connectivity index (χ3n) is 5.94. The smallest absolute Gasteiger partial charge is 0.129 e. The molecule has 0 aliphatic heterocycles. The Morgan fingerprint density at radius 2 is 1.80 bits per heavy atom. The van der Waals surface area contributed by atoms with E-state index in [1.807, 2.05) is 30.3 Å². The standard InChI is InChI=1S/C26H24Cl2FN/c1-16-5-3-4-6-24(16)30-17(2)19-9-7-18(8-10-19)15-20-11-12-21-22(26(20)29)13-14-23(27)25(21)28/h3-10,13-14,20,26,30H,2,11-12,15H2,1H3. The van der Waals surface area contributed by atoms with Crippen LogP contribution in [-0.4, -0.2) is 0 Å². The highest BCUT2D eigenvalue weighted by Gasteiger charge is 2.31. The van der Waals surface area contributed by atoms with E-state index in [1.54, 1.807) is 12.1 Å². The van der Waals surface area contributed by atoms with Crippen molar-refractivity contribution in [3.63, 3.8) is 0 Å². The van der Waals surface area contributed by atoms with Gasteiger partial charge in [-0.2, -0.15) is 0 Å². The van der Waals surface area contributed by atoms with Crippen LogP contribution >= 0.6 is 23.2 Å². The second-order valence-electron chi connectivity index (χ2n) is 7.95. The van der Waals surface area contributed by atoms with E-state index in [0.717, 1.165) is 40.9 Å². The van der Waals surface area contributed by atoms with Crippen molar-refractivity contribution < 1.29 is 4.39 Å². The van der Waals surface area contributed by atoms with Gasteiger partial charge in [-0.25, -0.2) is 4.39 Å². The van der Waals surface area contributed by atoms with Crippen LogP contribution in [0.4, 0.5) is 10.1 Å². The number of anilines is 1. The quantitative estimate of drug-likeness (QED) is 0.422. The van der Waals surface area contributed by atoms with Crippen molar-refractivity contribution >= 4 is 34.6 Å². The van der Waals surface area contributed by atoms with Crippen molar-refractivity contribution in [2.24, 2.45) is 5.92 Å². The summed E-state index contributed by atoms with van der Waals surface area (Å²) in [6.07, 6.45) is 1.19. The summed E-state index contributed by atoms with van der Waals surface area (Å²) in [5, 5.41) is 4.37. The fourth-order valence-electron chi connectivity index (χ4n) is 4.15. The molecule has 154 valence electrons. The Hall–Kier alpha value is -2.29. The number of hydrogen-bond donors (Lipinski definition) is 1. The number of aryl methyl sites for hydroxylation is 1. The number of rotatable bonds is 5. The molecule has 0 fully saturated rings. The summed E-state index contributed by atoms with van der Waals surface area (Å²) < 4.78 is 15.2. The molecule has 0 saturated carbocycles. The highest BCUT2D eigenvalue weighted by molar-refractivity contribution is 6.42. The number of fused-ring (bicyclic) bond motifs is 1. The Labute approximate surface area is 187 Å². The minimum atomic E-state index is -1.03. The van der Waals surface area contributed by atoms with Gasteiger partial charge >= 0.3 is 0 Å². The summed E-state index contributed by atoms with van der Waals surface area (Å²) in [5.74, 6) is -0.0612. The van der Waals surface area contributed by atoms with Crippen molar-refractivity contribution in [3.05, 3.63) is 105 Å². The zero-order chi connectivity index (χ0) is 21.3. The second kappa shape index (κ2) is 8.83. The molecule has 0 saturated heterocycles. The molecule has 2 unspecified atom stereocenters. The van der Waals surface area contributed by atoms with Gasteiger partial charge in [0.15, 0.2) is 0 Å². The molecule has 3 aromatic carbocycles. The molecule has 3 aromatic rings. The maximum absolute atomic E-state index is 15.2. The van der Waals surface area contributed by atoms with Crippen LogP contribution in [0.1, 0.15) is 40.4 Å². The molecule has 0 amide bonds. The molecule has 4 heteroatoms. The Morgan fingerprint density at radius 3 is 2.53 bits per heavy atom. The molecule has 0 bridgehead atoms. The Balaban J connectivity index is 1.44. The number of alkyl halides is 1. The van der Waals surface area contributed by atoms with Crippen LogP contribution in [0.3, 0.4) is 0 Å². The first-order valence-electron chi connectivity index (χ1n) is 10.2. The zero-order valence-corrected chi connectivity index (χ0v) is 18.4. The van der Waals surface area contributed by atoms with Gasteiger partial charge in [-0.05, 0) is 72.1 Å². The first-order valence-corrected chi connectivity index (χ1v) is 10.9. The number of benzene rings is 3. The molecule has 0 heterocycles. The van der Waals surface area contributed by atoms with Crippen molar-refractivity contribution in [1.29, 1.82) is 0 Å². The van der Waals surface area contributed by atoms with Crippen LogP contribution in [-0.2, 0) is 12.8 Å². The SMILES string of the molecule is C=C(Nc1ccccc1C)c1ccc(CC2CCc3c(ccc(Cl)c3Cl)C2F)cc1. The predicted octanol–water partition coefficient (Wildman–Crippen LogP) is 8.20. The van der Waals surface area contributed by atoms with E-state index in [-0.39, 0.29) is 5.92 Å². The van der Waals surface area contributed by atoms with Gasteiger partial charge in [0.05, 0.1) is 10.0 Å². The average molecular weight is 440 g/mol. The third-order valence-corrected chi connectivity index (χ3v) is 6.78. The maximum Gasteiger partial charge on any atom is 0.129 e. The summed E-state index contributed by atoms with van der Waals surface area (Å²) in [4.78, 5) is 0. The minimum Gasteiger partial charge on any atom is -0.355 e. The number of halogens is 3. The van der Waals surface area contributed by atoms with Gasteiger partial charge in [-0.1, -0.05) is 78.3 Å². The largest absolute Gasteiger partial charge is 0.355 e. The zero-order valence-electron chi connectivity index (χ0n) is 16.9. The fourth-order valence-corrected chi connectivity index (χ4v) is 4.59. The molecular weight excluding hydrogens is 416 g/mol. The Morgan fingerprint density at radius 1 is 1.07 bits per heavy atom. The molecule has 1 nitrogen and oxygen atoms in total. The van der Waals surface area contributed by atoms with Crippen molar-refractivity contribution in [3.8, 4) is 0 Å². The Kier molecular flexibility index (Phi) is 6.17. The fraction of sp³-hybridized carbons (Fsp3) is 0.231. The average Bonchev–Trinajstić information content (AvgIpc) is 2.75. The highest BCUT2D eigenvalue weighted by Crippen LogP contribution is 2.43. The van der Waals surface area contributed by atoms with Gasteiger partial charge in [-0.15, -0.1) is 0 Å². The van der Waals surface area contributed by atoms with Crippen molar-refractivity contribution in [1.82, 2.24) is 0 Å². The lowest BCUT2D eigenvalue weighted by molar-refractivity contribution is 0.205. The lowest BCUT2D eigenvalue weighted by Crippen LogP contribution is -2.20. The molecule has 0 spiro atoms. The molecule has 1 aliphatic rings. The topological polar surface area (TPSA) is 12.0 Å². The van der Waals surface area contributed by atoms with E-state index in [4.69, 9.17) is 23.2 Å². The van der Waals surface area contributed by atoms with E-state index in [1.165, 1.54) is 5.56 Å². The number of nitrogens with one attached hydrogen (secondary N) is 1. The lowest BCUT2D eigenvalue weighted by atomic mass is 9.79. The normalized spacial score (nSPS) is 18.0. The third kappa shape index (κ3) is 4.26. The van der Waals surface area contributed by atoms with Crippen LogP contribution in [0, 0.1) is 12.8 Å². The van der Waals surface area contributed by atoms with E-state index in [9.17, 15) is 0 Å². The molecule has 0 radical (unpaired) electrons. The Bertz CT molecular complexity index is 1070. The first-order chi connectivity index (χ1) is 14.4. The van der Waals surface area contributed by atoms with E-state index < -0.39 is 6.17 Å². The highest BCUT2D eigenvalue weighted by atomic mass is 35.5. The maximum atomic E-state index is 15.2. The van der Waals surface area contributed by atoms with E-state index in [0.29, 0.717) is 22.0 Å². The number of hydrogen-bond acceptors (Lipinski definition) is 1. The predicted molar refractivity (Wildman–Crippen MR) is 126 cm³/mol. The van der Waals surface area contributed by atoms with Crippen molar-refractivity contribution in [2.45, 2.75) is 32.4 Å². The van der Waals surface area contributed by atoms with Gasteiger partial charge in [0.1, 0.15) is 6.17 Å². The van der Waals surface area contributed by atoms with Crippen LogP contribution in [0.5, 0.6) is 0 Å². The summed E-state index contributed by atoms with van der Waals surface area (Å²) in [7, 11) is 0. The monoisotopic (exact) mass is 439 g/mol. The molecule has 30 heavy (non-hydrogen) atoms. The van der Waals surface area contributed by atoms with Crippen LogP contribution in [0.25, 0.3) is 5.70 Å². The van der Waals surface area contributed by atoms with Crippen LogP contribution < -0.4 is 5.32 Å². The van der Waals surface area contributed by atoms with E-state index in [2.05, 4.69) is 37.0 Å². The summed E-state index contributed by atoms with van der Waals surface area (Å²) >= 11 is 12.4. The molecule has 2 atom stereocenters. The van der Waals surface area contributed by atoms with Crippen LogP contribution in [0.15, 0.2) is 67.2 Å². The van der Waals surface area contributed by atoms with Gasteiger partial charge in [0.2, 0.25) is 0 Å². The van der Waals surface area contributed by atoms with Gasteiger partial charge in [0.25, 0.3) is 0 Å². The molecule has 4 rings (SSSR count). The molecule has 1 N–H and O–H groups in total. The molecular formula is C26H24Cl2FN. The van der Waals surface area contributed by atoms with Gasteiger partial charge < -0.3 is 5.32 Å². The second-order valence-corrected chi connectivity index (χ2v) is 8.73. The lowest BCUT2D eigenvalue weighted by Gasteiger charge is -2.29. The van der Waals surface area contributed by atoms with E-state index >= 15 is 4.39 Å². The summed E-state index contributed by atoms with van der Waals surface area (Å²) in [6, 6.07) is 19.8. The first kappa shape index (κ1) is 21.0. The van der Waals surface area contributed by atoms with Crippen LogP contribution in [0.2, 0.25) is 10.0 Å². The minimum absolute atomic E-state index is 0.0612. The summed E-state index contributed by atoms with van der Waals surface area (Å²) in [6.45, 7) is 6.23. The molecule has 0 aromatic heterocycles. The van der Waals surface area contributed by atoms with Crippen molar-refractivity contribution in [2.75, 3.05) is 5.32 Å². The molecule has 1 aliphatic carbocycles. The number of para-hydroxylation sites is 1. The van der Waals surface area contributed by atoms with Gasteiger partial charge in [-0.3, -0.25) is 0 Å².